The molecular formula is C26H30O6. The van der Waals surface area contributed by atoms with Crippen LogP contribution in [0.3, 0.4) is 0 Å². The van der Waals surface area contributed by atoms with E-state index in [-0.39, 0.29) is 17.1 Å². The number of aromatic hydroxyl groups is 4. The number of phenols is 4. The smallest absolute Gasteiger partial charge is 0.193 e. The van der Waals surface area contributed by atoms with Crippen molar-refractivity contribution in [3.8, 4) is 28.7 Å². The zero-order chi connectivity index (χ0) is 24.0. The lowest BCUT2D eigenvalue weighted by atomic mass is 9.95. The highest BCUT2D eigenvalue weighted by Gasteiger charge is 2.18. The van der Waals surface area contributed by atoms with Gasteiger partial charge in [-0.15, -0.1) is 0 Å². The molecule has 6 heteroatoms. The van der Waals surface area contributed by atoms with Crippen LogP contribution in [-0.2, 0) is 12.8 Å². The van der Waals surface area contributed by atoms with Gasteiger partial charge in [-0.3, -0.25) is 4.79 Å². The molecule has 0 aliphatic carbocycles. The van der Waals surface area contributed by atoms with Crippen LogP contribution < -0.4 is 4.74 Å². The number of rotatable bonds is 8. The summed E-state index contributed by atoms with van der Waals surface area (Å²) in [6.07, 6.45) is 7.68. The minimum atomic E-state index is -0.644. The van der Waals surface area contributed by atoms with Crippen molar-refractivity contribution in [2.45, 2.75) is 40.5 Å². The van der Waals surface area contributed by atoms with Crippen molar-refractivity contribution < 1.29 is 30.0 Å². The van der Waals surface area contributed by atoms with E-state index in [1.165, 1.54) is 19.3 Å². The molecule has 2 aromatic rings. The van der Waals surface area contributed by atoms with E-state index in [2.05, 4.69) is 0 Å². The molecule has 0 atom stereocenters. The second kappa shape index (κ2) is 10.6. The number of hydrogen-bond donors (Lipinski definition) is 4. The number of ether oxygens (including phenoxy) is 1. The molecule has 6 nitrogen and oxygen atoms in total. The predicted molar refractivity (Wildman–Crippen MR) is 126 cm³/mol. The summed E-state index contributed by atoms with van der Waals surface area (Å²) in [6.45, 7) is 7.86. The van der Waals surface area contributed by atoms with Gasteiger partial charge in [0, 0.05) is 23.3 Å². The Morgan fingerprint density at radius 2 is 1.47 bits per heavy atom. The van der Waals surface area contributed by atoms with Crippen LogP contribution in [0.5, 0.6) is 28.7 Å². The van der Waals surface area contributed by atoms with Crippen molar-refractivity contribution in [1.82, 2.24) is 0 Å². The van der Waals surface area contributed by atoms with Crippen molar-refractivity contribution >= 4 is 11.9 Å². The number of benzene rings is 2. The summed E-state index contributed by atoms with van der Waals surface area (Å²) in [4.78, 5) is 12.7. The summed E-state index contributed by atoms with van der Waals surface area (Å²) >= 11 is 0. The van der Waals surface area contributed by atoms with Crippen LogP contribution in [0.25, 0.3) is 6.08 Å². The van der Waals surface area contributed by atoms with Gasteiger partial charge in [0.2, 0.25) is 0 Å². The summed E-state index contributed by atoms with van der Waals surface area (Å²) in [7, 11) is 1.50. The van der Waals surface area contributed by atoms with Crippen LogP contribution >= 0.6 is 0 Å². The first-order valence-corrected chi connectivity index (χ1v) is 10.2. The van der Waals surface area contributed by atoms with E-state index in [9.17, 15) is 25.2 Å². The highest BCUT2D eigenvalue weighted by atomic mass is 16.5. The predicted octanol–water partition coefficient (Wildman–Crippen LogP) is 5.43. The third-order valence-corrected chi connectivity index (χ3v) is 4.86. The molecule has 2 rings (SSSR count). The van der Waals surface area contributed by atoms with E-state index >= 15 is 0 Å². The molecule has 4 N–H and O–H groups in total. The van der Waals surface area contributed by atoms with Crippen LogP contribution in [0.15, 0.2) is 47.6 Å². The first-order chi connectivity index (χ1) is 15.0. The van der Waals surface area contributed by atoms with Crippen LogP contribution in [-0.4, -0.2) is 33.3 Å². The van der Waals surface area contributed by atoms with E-state index in [0.717, 1.165) is 28.8 Å². The molecule has 0 unspecified atom stereocenters. The first-order valence-electron chi connectivity index (χ1n) is 10.2. The number of carbonyl (C=O) groups is 1. The maximum atomic E-state index is 12.7. The Kier molecular flexibility index (Phi) is 8.13. The molecule has 0 saturated carbocycles. The van der Waals surface area contributed by atoms with Gasteiger partial charge in [-0.1, -0.05) is 29.4 Å². The van der Waals surface area contributed by atoms with Crippen molar-refractivity contribution in [3.05, 3.63) is 69.8 Å². The molecule has 0 radical (unpaired) electrons. The summed E-state index contributed by atoms with van der Waals surface area (Å²) < 4.78 is 5.47. The highest BCUT2D eigenvalue weighted by molar-refractivity contribution is 6.10. The molecule has 0 aromatic heterocycles. The van der Waals surface area contributed by atoms with Crippen molar-refractivity contribution in [2.24, 2.45) is 0 Å². The second-order valence-corrected chi connectivity index (χ2v) is 8.01. The molecule has 170 valence electrons. The van der Waals surface area contributed by atoms with Gasteiger partial charge in [0.1, 0.15) is 22.8 Å². The molecule has 0 bridgehead atoms. The standard InChI is InChI=1S/C26H30O6/c1-15(2)6-8-18-12-17(20(10-7-16(3)4)25(31)26(18)32-5)9-11-21(28)24-22(29)13-19(27)14-23(24)30/h6-7,9,11-14,27,29-31H,8,10H2,1-5H3. The molecule has 0 aliphatic rings. The second-order valence-electron chi connectivity index (χ2n) is 8.01. The highest BCUT2D eigenvalue weighted by Crippen LogP contribution is 2.38. The fraction of sp³-hybridized carbons (Fsp3) is 0.269. The summed E-state index contributed by atoms with van der Waals surface area (Å²) in [5.41, 5.74) is 3.84. The summed E-state index contributed by atoms with van der Waals surface area (Å²) in [5, 5.41) is 40.3. The third kappa shape index (κ3) is 5.94. The van der Waals surface area contributed by atoms with Gasteiger partial charge in [0.25, 0.3) is 0 Å². The maximum Gasteiger partial charge on any atom is 0.193 e. The average molecular weight is 439 g/mol. The van der Waals surface area contributed by atoms with Crippen molar-refractivity contribution in [1.29, 1.82) is 0 Å². The number of ketones is 1. The van der Waals surface area contributed by atoms with Gasteiger partial charge < -0.3 is 25.2 Å². The van der Waals surface area contributed by atoms with E-state index in [4.69, 9.17) is 4.74 Å². The maximum absolute atomic E-state index is 12.7. The van der Waals surface area contributed by atoms with Crippen LogP contribution in [0, 0.1) is 0 Å². The van der Waals surface area contributed by atoms with Crippen molar-refractivity contribution in [2.75, 3.05) is 7.11 Å². The molecule has 0 saturated heterocycles. The molecular weight excluding hydrogens is 408 g/mol. The Bertz CT molecular complexity index is 1070. The monoisotopic (exact) mass is 438 g/mol. The Morgan fingerprint density at radius 3 is 2.00 bits per heavy atom. The Labute approximate surface area is 188 Å². The SMILES string of the molecule is COc1c(CC=C(C)C)cc(C=CC(=O)c2c(O)cc(O)cc2O)c(CC=C(C)C)c1O. The number of allylic oxidation sites excluding steroid dienone is 5. The molecule has 32 heavy (non-hydrogen) atoms. The normalized spacial score (nSPS) is 10.8. The Balaban J connectivity index is 2.59. The number of phenolic OH excluding ortho intramolecular Hbond substituents is 4. The molecule has 0 amide bonds. The lowest BCUT2D eigenvalue weighted by molar-refractivity contribution is 0.104. The molecule has 0 fully saturated rings. The van der Waals surface area contributed by atoms with Crippen LogP contribution in [0.1, 0.15) is 54.7 Å². The fourth-order valence-corrected chi connectivity index (χ4v) is 3.23. The quantitative estimate of drug-likeness (QED) is 0.249. The Hall–Kier alpha value is -3.67. The lowest BCUT2D eigenvalue weighted by Crippen LogP contribution is -2.00. The number of hydrogen-bond acceptors (Lipinski definition) is 6. The fourth-order valence-electron chi connectivity index (χ4n) is 3.23. The van der Waals surface area contributed by atoms with Crippen molar-refractivity contribution in [3.63, 3.8) is 0 Å². The minimum absolute atomic E-state index is 0.00656. The molecule has 0 spiro atoms. The van der Waals surface area contributed by atoms with Gasteiger partial charge in [0.05, 0.1) is 7.11 Å². The molecule has 2 aromatic carbocycles. The largest absolute Gasteiger partial charge is 0.508 e. The average Bonchev–Trinajstić information content (AvgIpc) is 2.68. The number of carbonyl (C=O) groups excluding carboxylic acids is 1. The van der Waals surface area contributed by atoms with E-state index in [1.54, 1.807) is 0 Å². The van der Waals surface area contributed by atoms with Crippen LogP contribution in [0.4, 0.5) is 0 Å². The van der Waals surface area contributed by atoms with Gasteiger partial charge in [-0.2, -0.15) is 0 Å². The van der Waals surface area contributed by atoms with Crippen LogP contribution in [0.2, 0.25) is 0 Å². The van der Waals surface area contributed by atoms with E-state index < -0.39 is 17.3 Å². The zero-order valence-electron chi connectivity index (χ0n) is 19.1. The van der Waals surface area contributed by atoms with Gasteiger partial charge in [0.15, 0.2) is 17.3 Å². The van der Waals surface area contributed by atoms with Gasteiger partial charge in [-0.05, 0) is 58.2 Å². The topological polar surface area (TPSA) is 107 Å². The van der Waals surface area contributed by atoms with Gasteiger partial charge in [-0.25, -0.2) is 0 Å². The summed E-state index contributed by atoms with van der Waals surface area (Å²) in [6, 6.07) is 3.82. The number of methoxy groups -OCH3 is 1. The third-order valence-electron chi connectivity index (χ3n) is 4.86. The lowest BCUT2D eigenvalue weighted by Gasteiger charge is -2.16. The molecule has 0 aliphatic heterocycles. The minimum Gasteiger partial charge on any atom is -0.508 e. The Morgan fingerprint density at radius 1 is 0.906 bits per heavy atom. The van der Waals surface area contributed by atoms with E-state index in [0.29, 0.717) is 29.7 Å². The first kappa shape index (κ1) is 24.6. The van der Waals surface area contributed by atoms with E-state index in [1.807, 2.05) is 45.9 Å². The zero-order valence-corrected chi connectivity index (χ0v) is 19.1. The van der Waals surface area contributed by atoms with Gasteiger partial charge >= 0.3 is 0 Å². The molecule has 0 heterocycles. The summed E-state index contributed by atoms with van der Waals surface area (Å²) in [5.74, 6) is -1.65.